The third-order valence-corrected chi connectivity index (χ3v) is 3.07. The first kappa shape index (κ1) is 12.7. The molecular weight excluding hydrogens is 250 g/mol. The van der Waals surface area contributed by atoms with Crippen molar-refractivity contribution < 1.29 is 9.90 Å². The van der Waals surface area contributed by atoms with Crippen LogP contribution in [-0.4, -0.2) is 21.0 Å². The van der Waals surface area contributed by atoms with E-state index in [1.807, 2.05) is 13.0 Å². The molecule has 5 nitrogen and oxygen atoms in total. The summed E-state index contributed by atoms with van der Waals surface area (Å²) in [4.78, 5) is 20.1. The summed E-state index contributed by atoms with van der Waals surface area (Å²) in [6.45, 7) is 3.45. The van der Waals surface area contributed by atoms with E-state index in [0.717, 1.165) is 5.69 Å². The van der Waals surface area contributed by atoms with Gasteiger partial charge in [0, 0.05) is 11.1 Å². The number of amides is 1. The lowest BCUT2D eigenvalue weighted by Gasteiger charge is -2.02. The fourth-order valence-electron chi connectivity index (χ4n) is 1.37. The zero-order valence-corrected chi connectivity index (χ0v) is 10.9. The molecule has 6 heteroatoms. The van der Waals surface area contributed by atoms with Crippen molar-refractivity contribution in [1.29, 1.82) is 0 Å². The van der Waals surface area contributed by atoms with Gasteiger partial charge >= 0.3 is 0 Å². The molecule has 0 saturated carbocycles. The number of pyridine rings is 1. The highest BCUT2D eigenvalue weighted by molar-refractivity contribution is 7.14. The van der Waals surface area contributed by atoms with Crippen LogP contribution in [0.1, 0.15) is 34.9 Å². The summed E-state index contributed by atoms with van der Waals surface area (Å²) in [6, 6.07) is 5.25. The normalized spacial score (nSPS) is 12.2. The number of anilines is 1. The number of aryl methyl sites for hydroxylation is 1. The Hall–Kier alpha value is -1.79. The third kappa shape index (κ3) is 2.91. The first-order valence-corrected chi connectivity index (χ1v) is 6.32. The van der Waals surface area contributed by atoms with Crippen LogP contribution in [0.4, 0.5) is 5.13 Å². The summed E-state index contributed by atoms with van der Waals surface area (Å²) < 4.78 is 0. The molecule has 0 fully saturated rings. The van der Waals surface area contributed by atoms with Crippen LogP contribution >= 0.6 is 11.3 Å². The lowest BCUT2D eigenvalue weighted by atomic mass is 10.3. The second-order valence-electron chi connectivity index (χ2n) is 3.87. The van der Waals surface area contributed by atoms with Crippen LogP contribution in [0.5, 0.6) is 0 Å². The summed E-state index contributed by atoms with van der Waals surface area (Å²) in [5.41, 5.74) is 1.68. The monoisotopic (exact) mass is 263 g/mol. The van der Waals surface area contributed by atoms with Crippen molar-refractivity contribution in [1.82, 2.24) is 9.97 Å². The predicted octanol–water partition coefficient (Wildman–Crippen LogP) is 2.15. The maximum absolute atomic E-state index is 11.9. The highest BCUT2D eigenvalue weighted by atomic mass is 32.1. The first-order chi connectivity index (χ1) is 8.56. The number of aliphatic hydroxyl groups is 1. The molecule has 2 N–H and O–H groups in total. The second-order valence-corrected chi connectivity index (χ2v) is 4.73. The molecular formula is C12H13N3O2S. The van der Waals surface area contributed by atoms with Gasteiger partial charge in [-0.3, -0.25) is 10.1 Å². The largest absolute Gasteiger partial charge is 0.387 e. The molecule has 18 heavy (non-hydrogen) atoms. The Morgan fingerprint density at radius 2 is 2.22 bits per heavy atom. The molecule has 2 heterocycles. The Morgan fingerprint density at radius 3 is 2.83 bits per heavy atom. The number of thiazole rings is 1. The van der Waals surface area contributed by atoms with E-state index >= 15 is 0 Å². The number of nitrogens with one attached hydrogen (secondary N) is 1. The van der Waals surface area contributed by atoms with Gasteiger partial charge in [-0.05, 0) is 26.0 Å². The van der Waals surface area contributed by atoms with E-state index in [2.05, 4.69) is 15.3 Å². The summed E-state index contributed by atoms with van der Waals surface area (Å²) in [6.07, 6.45) is -0.635. The molecule has 0 radical (unpaired) electrons. The van der Waals surface area contributed by atoms with Gasteiger partial charge in [-0.2, -0.15) is 0 Å². The van der Waals surface area contributed by atoms with E-state index in [1.54, 1.807) is 24.4 Å². The number of rotatable bonds is 3. The average molecular weight is 263 g/mol. The van der Waals surface area contributed by atoms with E-state index in [-0.39, 0.29) is 5.91 Å². The maximum atomic E-state index is 11.9. The molecule has 0 bridgehead atoms. The van der Waals surface area contributed by atoms with Gasteiger partial charge < -0.3 is 5.11 Å². The van der Waals surface area contributed by atoms with Gasteiger partial charge in [0.15, 0.2) is 5.13 Å². The zero-order valence-electron chi connectivity index (χ0n) is 10.0. The van der Waals surface area contributed by atoms with Gasteiger partial charge in [-0.25, -0.2) is 9.97 Å². The van der Waals surface area contributed by atoms with E-state index in [4.69, 9.17) is 0 Å². The molecule has 0 aliphatic carbocycles. The Kier molecular flexibility index (Phi) is 3.69. The number of aromatic nitrogens is 2. The van der Waals surface area contributed by atoms with Crippen molar-refractivity contribution in [2.45, 2.75) is 20.0 Å². The highest BCUT2D eigenvalue weighted by Gasteiger charge is 2.11. The number of carbonyl (C=O) groups is 1. The molecule has 0 saturated heterocycles. The smallest absolute Gasteiger partial charge is 0.276 e. The molecule has 2 aromatic heterocycles. The Balaban J connectivity index is 2.11. The summed E-state index contributed by atoms with van der Waals surface area (Å²) in [7, 11) is 0. The van der Waals surface area contributed by atoms with Crippen LogP contribution in [0.3, 0.4) is 0 Å². The van der Waals surface area contributed by atoms with E-state index in [0.29, 0.717) is 16.5 Å². The average Bonchev–Trinajstić information content (AvgIpc) is 2.77. The number of aliphatic hydroxyl groups excluding tert-OH is 1. The van der Waals surface area contributed by atoms with Gasteiger partial charge in [0.1, 0.15) is 5.69 Å². The minimum atomic E-state index is -0.635. The van der Waals surface area contributed by atoms with Crippen molar-refractivity contribution in [3.05, 3.63) is 40.7 Å². The molecule has 2 rings (SSSR count). The SMILES string of the molecule is Cc1cccc(C(=O)Nc2nc(C(C)O)cs2)n1. The maximum Gasteiger partial charge on any atom is 0.276 e. The van der Waals surface area contributed by atoms with Gasteiger partial charge in [0.25, 0.3) is 5.91 Å². The highest BCUT2D eigenvalue weighted by Crippen LogP contribution is 2.20. The lowest BCUT2D eigenvalue weighted by Crippen LogP contribution is -2.13. The summed E-state index contributed by atoms with van der Waals surface area (Å²) >= 11 is 1.27. The van der Waals surface area contributed by atoms with E-state index in [1.165, 1.54) is 11.3 Å². The Bertz CT molecular complexity index is 566. The predicted molar refractivity (Wildman–Crippen MR) is 69.7 cm³/mol. The van der Waals surface area contributed by atoms with Crippen molar-refractivity contribution in [3.8, 4) is 0 Å². The number of hydrogen-bond acceptors (Lipinski definition) is 5. The van der Waals surface area contributed by atoms with Crippen LogP contribution < -0.4 is 5.32 Å². The van der Waals surface area contributed by atoms with Gasteiger partial charge in [0.2, 0.25) is 0 Å². The fourth-order valence-corrected chi connectivity index (χ4v) is 2.16. The number of carbonyl (C=O) groups excluding carboxylic acids is 1. The molecule has 1 unspecified atom stereocenters. The van der Waals surface area contributed by atoms with Crippen molar-refractivity contribution in [2.75, 3.05) is 5.32 Å². The lowest BCUT2D eigenvalue weighted by molar-refractivity contribution is 0.102. The second kappa shape index (κ2) is 5.24. The van der Waals surface area contributed by atoms with Gasteiger partial charge in [-0.1, -0.05) is 6.07 Å². The van der Waals surface area contributed by atoms with Crippen LogP contribution in [0, 0.1) is 6.92 Å². The molecule has 1 amide bonds. The molecule has 1 atom stereocenters. The molecule has 0 aliphatic heterocycles. The van der Waals surface area contributed by atoms with Crippen LogP contribution in [0.25, 0.3) is 0 Å². The van der Waals surface area contributed by atoms with Crippen molar-refractivity contribution in [3.63, 3.8) is 0 Å². The topological polar surface area (TPSA) is 75.1 Å². The Labute approximate surface area is 109 Å². The van der Waals surface area contributed by atoms with Gasteiger partial charge in [0.05, 0.1) is 11.8 Å². The van der Waals surface area contributed by atoms with Crippen LogP contribution in [0.2, 0.25) is 0 Å². The van der Waals surface area contributed by atoms with Gasteiger partial charge in [-0.15, -0.1) is 11.3 Å². The minimum absolute atomic E-state index is 0.301. The molecule has 0 aliphatic rings. The zero-order chi connectivity index (χ0) is 13.1. The summed E-state index contributed by atoms with van der Waals surface area (Å²) in [5, 5.41) is 14.2. The minimum Gasteiger partial charge on any atom is -0.387 e. The molecule has 0 aromatic carbocycles. The van der Waals surface area contributed by atoms with E-state index in [9.17, 15) is 9.90 Å². The third-order valence-electron chi connectivity index (χ3n) is 2.29. The Morgan fingerprint density at radius 1 is 1.44 bits per heavy atom. The molecule has 2 aromatic rings. The van der Waals surface area contributed by atoms with E-state index < -0.39 is 6.10 Å². The van der Waals surface area contributed by atoms with Crippen LogP contribution in [0.15, 0.2) is 23.6 Å². The fraction of sp³-hybridized carbons (Fsp3) is 0.250. The number of nitrogens with zero attached hydrogens (tertiary/aromatic N) is 2. The van der Waals surface area contributed by atoms with Crippen molar-refractivity contribution >= 4 is 22.4 Å². The quantitative estimate of drug-likeness (QED) is 0.889. The van der Waals surface area contributed by atoms with Crippen LogP contribution in [-0.2, 0) is 0 Å². The standard InChI is InChI=1S/C12H13N3O2S/c1-7-4-3-5-9(13-7)11(17)15-12-14-10(6-18-12)8(2)16/h3-6,8,16H,1-2H3,(H,14,15,17). The molecule has 94 valence electrons. The number of hydrogen-bond donors (Lipinski definition) is 2. The first-order valence-electron chi connectivity index (χ1n) is 5.45. The summed E-state index contributed by atoms with van der Waals surface area (Å²) in [5.74, 6) is -0.301. The molecule has 0 spiro atoms. The van der Waals surface area contributed by atoms with Crippen molar-refractivity contribution in [2.24, 2.45) is 0 Å².